The Hall–Kier alpha value is -3.20. The van der Waals surface area contributed by atoms with Crippen LogP contribution in [0, 0.1) is 6.92 Å². The molecule has 3 amide bonds. The van der Waals surface area contributed by atoms with Gasteiger partial charge in [0.25, 0.3) is 5.91 Å². The molecule has 1 aromatic carbocycles. The highest BCUT2D eigenvalue weighted by Gasteiger charge is 2.39. The fourth-order valence-corrected chi connectivity index (χ4v) is 5.06. The second kappa shape index (κ2) is 8.97. The number of fused-ring (bicyclic) bond motifs is 1. The monoisotopic (exact) mass is 451 g/mol. The Bertz CT molecular complexity index is 1080. The lowest BCUT2D eigenvalue weighted by molar-refractivity contribution is -0.136. The molecule has 0 bridgehead atoms. The minimum absolute atomic E-state index is 0.167. The highest BCUT2D eigenvalue weighted by atomic mass is 16.5. The topological polar surface area (TPSA) is 108 Å². The molecule has 9 heteroatoms. The molecule has 1 unspecified atom stereocenters. The van der Waals surface area contributed by atoms with Crippen molar-refractivity contribution in [3.05, 3.63) is 47.0 Å². The number of H-pyrrole nitrogens is 1. The van der Waals surface area contributed by atoms with Gasteiger partial charge in [0.2, 0.25) is 11.8 Å². The number of aryl methyl sites for hydroxylation is 1. The number of imidazole rings is 1. The van der Waals surface area contributed by atoms with Crippen LogP contribution in [-0.4, -0.2) is 62.7 Å². The van der Waals surface area contributed by atoms with Gasteiger partial charge in [-0.3, -0.25) is 24.6 Å². The number of carbonyl (C=O) groups is 3. The zero-order chi connectivity index (χ0) is 22.9. The van der Waals surface area contributed by atoms with Crippen molar-refractivity contribution in [1.82, 2.24) is 25.1 Å². The van der Waals surface area contributed by atoms with Gasteiger partial charge in [0.05, 0.1) is 0 Å². The standard InChI is InChI=1S/C24H29N5O4/c1-15-25-11-17(26-15)13-28-9-3-2-4-18(28)14-33-19-5-6-20-16(10-19)12-29(24(20)32)21-7-8-22(30)27-23(21)31/h5-6,10-11,18,21H,2-4,7-9,12-14H2,1H3,(H,25,26)(H,27,30,31)/t18-,21?/m1/s1. The van der Waals surface area contributed by atoms with Crippen LogP contribution in [0.2, 0.25) is 0 Å². The molecule has 0 aliphatic carbocycles. The number of carbonyl (C=O) groups excluding carboxylic acids is 3. The molecule has 9 nitrogen and oxygen atoms in total. The summed E-state index contributed by atoms with van der Waals surface area (Å²) < 4.78 is 6.17. The number of likely N-dealkylation sites (tertiary alicyclic amines) is 1. The van der Waals surface area contributed by atoms with E-state index < -0.39 is 11.9 Å². The van der Waals surface area contributed by atoms with E-state index in [0.29, 0.717) is 31.2 Å². The summed E-state index contributed by atoms with van der Waals surface area (Å²) in [6.07, 6.45) is 5.96. The minimum atomic E-state index is -0.603. The van der Waals surface area contributed by atoms with E-state index in [2.05, 4.69) is 20.2 Å². The molecule has 1 aromatic heterocycles. The summed E-state index contributed by atoms with van der Waals surface area (Å²) in [7, 11) is 0. The summed E-state index contributed by atoms with van der Waals surface area (Å²) in [5.74, 6) is 0.812. The number of nitrogens with one attached hydrogen (secondary N) is 2. The van der Waals surface area contributed by atoms with Crippen LogP contribution >= 0.6 is 0 Å². The molecule has 2 saturated heterocycles. The highest BCUT2D eigenvalue weighted by Crippen LogP contribution is 2.30. The number of hydrogen-bond donors (Lipinski definition) is 2. The largest absolute Gasteiger partial charge is 0.492 e. The Morgan fingerprint density at radius 1 is 1.18 bits per heavy atom. The Kier molecular flexibility index (Phi) is 5.88. The summed E-state index contributed by atoms with van der Waals surface area (Å²) >= 11 is 0. The minimum Gasteiger partial charge on any atom is -0.492 e. The summed E-state index contributed by atoms with van der Waals surface area (Å²) in [5.41, 5.74) is 2.57. The van der Waals surface area contributed by atoms with Crippen molar-refractivity contribution in [3.63, 3.8) is 0 Å². The molecule has 5 rings (SSSR count). The second-order valence-electron chi connectivity index (χ2n) is 9.14. The number of imide groups is 1. The third kappa shape index (κ3) is 4.50. The average Bonchev–Trinajstić information content (AvgIpc) is 3.35. The normalized spacial score (nSPS) is 23.5. The van der Waals surface area contributed by atoms with Gasteiger partial charge >= 0.3 is 0 Å². The molecule has 4 heterocycles. The van der Waals surface area contributed by atoms with Crippen molar-refractivity contribution >= 4 is 17.7 Å². The van der Waals surface area contributed by atoms with Gasteiger partial charge in [-0.2, -0.15) is 0 Å². The number of benzene rings is 1. The van der Waals surface area contributed by atoms with Crippen molar-refractivity contribution in [2.75, 3.05) is 13.2 Å². The van der Waals surface area contributed by atoms with Crippen molar-refractivity contribution in [2.45, 2.75) is 64.2 Å². The molecule has 3 aliphatic rings. The van der Waals surface area contributed by atoms with Crippen LogP contribution in [0.1, 0.15) is 59.5 Å². The third-order valence-corrected chi connectivity index (χ3v) is 6.82. The van der Waals surface area contributed by atoms with Gasteiger partial charge in [0.15, 0.2) is 0 Å². The van der Waals surface area contributed by atoms with Crippen molar-refractivity contribution in [1.29, 1.82) is 0 Å². The van der Waals surface area contributed by atoms with Crippen molar-refractivity contribution in [3.8, 4) is 5.75 Å². The smallest absolute Gasteiger partial charge is 0.255 e. The number of nitrogens with zero attached hydrogens (tertiary/aromatic N) is 3. The van der Waals surface area contributed by atoms with Crippen LogP contribution in [0.4, 0.5) is 0 Å². The van der Waals surface area contributed by atoms with Gasteiger partial charge < -0.3 is 14.6 Å². The number of hydrogen-bond acceptors (Lipinski definition) is 6. The molecule has 2 N–H and O–H groups in total. The van der Waals surface area contributed by atoms with E-state index in [0.717, 1.165) is 42.3 Å². The van der Waals surface area contributed by atoms with Gasteiger partial charge in [-0.15, -0.1) is 0 Å². The maximum atomic E-state index is 12.9. The van der Waals surface area contributed by atoms with Crippen LogP contribution in [0.25, 0.3) is 0 Å². The molecular weight excluding hydrogens is 422 g/mol. The Balaban J connectivity index is 1.23. The van der Waals surface area contributed by atoms with Gasteiger partial charge in [-0.05, 0) is 56.5 Å². The Labute approximate surface area is 192 Å². The number of rotatable bonds is 6. The quantitative estimate of drug-likeness (QED) is 0.650. The third-order valence-electron chi connectivity index (χ3n) is 6.82. The van der Waals surface area contributed by atoms with Crippen LogP contribution in [0.5, 0.6) is 5.75 Å². The highest BCUT2D eigenvalue weighted by molar-refractivity contribution is 6.05. The van der Waals surface area contributed by atoms with Gasteiger partial charge in [0, 0.05) is 43.0 Å². The summed E-state index contributed by atoms with van der Waals surface area (Å²) in [5, 5.41) is 2.34. The van der Waals surface area contributed by atoms with E-state index in [4.69, 9.17) is 4.74 Å². The summed E-state index contributed by atoms with van der Waals surface area (Å²) in [4.78, 5) is 48.2. The molecule has 3 aliphatic heterocycles. The van der Waals surface area contributed by atoms with Crippen molar-refractivity contribution in [2.24, 2.45) is 0 Å². The van der Waals surface area contributed by atoms with Gasteiger partial charge in [-0.25, -0.2) is 4.98 Å². The van der Waals surface area contributed by atoms with E-state index in [1.165, 1.54) is 12.8 Å². The molecule has 33 heavy (non-hydrogen) atoms. The lowest BCUT2D eigenvalue weighted by Crippen LogP contribution is -2.52. The van der Waals surface area contributed by atoms with E-state index >= 15 is 0 Å². The molecule has 0 spiro atoms. The zero-order valence-corrected chi connectivity index (χ0v) is 18.8. The molecule has 2 atom stereocenters. The maximum absolute atomic E-state index is 12.9. The van der Waals surface area contributed by atoms with Crippen LogP contribution < -0.4 is 10.1 Å². The number of piperidine rings is 2. The molecule has 2 fully saturated rings. The predicted octanol–water partition coefficient (Wildman–Crippen LogP) is 1.91. The van der Waals surface area contributed by atoms with Crippen LogP contribution in [0.3, 0.4) is 0 Å². The summed E-state index contributed by atoms with van der Waals surface area (Å²) in [6, 6.07) is 5.23. The predicted molar refractivity (Wildman–Crippen MR) is 119 cm³/mol. The average molecular weight is 452 g/mol. The van der Waals surface area contributed by atoms with E-state index in [-0.39, 0.29) is 18.2 Å². The maximum Gasteiger partial charge on any atom is 0.255 e. The number of aromatic amines is 1. The van der Waals surface area contributed by atoms with Crippen LogP contribution in [-0.2, 0) is 22.7 Å². The first-order chi connectivity index (χ1) is 16.0. The second-order valence-corrected chi connectivity index (χ2v) is 9.14. The first-order valence-corrected chi connectivity index (χ1v) is 11.6. The first-order valence-electron chi connectivity index (χ1n) is 11.6. The first kappa shape index (κ1) is 21.6. The Morgan fingerprint density at radius 3 is 2.85 bits per heavy atom. The number of amides is 3. The SMILES string of the molecule is Cc1ncc(CN2CCCC[C@@H]2COc2ccc3c(c2)CN(C2CCC(=O)NC2=O)C3=O)[nH]1. The van der Waals surface area contributed by atoms with E-state index in [9.17, 15) is 14.4 Å². The van der Waals surface area contributed by atoms with E-state index in [1.54, 1.807) is 11.0 Å². The molecule has 0 radical (unpaired) electrons. The molecule has 2 aromatic rings. The molecular formula is C24H29N5O4. The fraction of sp³-hybridized carbons (Fsp3) is 0.500. The van der Waals surface area contributed by atoms with Gasteiger partial charge in [0.1, 0.15) is 24.2 Å². The fourth-order valence-electron chi connectivity index (χ4n) is 5.06. The number of ether oxygens (including phenoxy) is 1. The van der Waals surface area contributed by atoms with E-state index in [1.807, 2.05) is 25.3 Å². The Morgan fingerprint density at radius 2 is 2.06 bits per heavy atom. The zero-order valence-electron chi connectivity index (χ0n) is 18.8. The van der Waals surface area contributed by atoms with Crippen LogP contribution in [0.15, 0.2) is 24.4 Å². The number of aromatic nitrogens is 2. The van der Waals surface area contributed by atoms with Gasteiger partial charge in [-0.1, -0.05) is 6.42 Å². The summed E-state index contributed by atoms with van der Waals surface area (Å²) in [6.45, 7) is 4.75. The lowest BCUT2D eigenvalue weighted by atomic mass is 10.0. The molecule has 174 valence electrons. The lowest BCUT2D eigenvalue weighted by Gasteiger charge is -2.35. The van der Waals surface area contributed by atoms with Crippen molar-refractivity contribution < 1.29 is 19.1 Å². The molecule has 0 saturated carbocycles.